The fourth-order valence-electron chi connectivity index (χ4n) is 2.86. The van der Waals surface area contributed by atoms with Gasteiger partial charge in [-0.3, -0.25) is 4.79 Å². The molecule has 0 radical (unpaired) electrons. The molecule has 24 heavy (non-hydrogen) atoms. The maximum absolute atomic E-state index is 12.3. The molecule has 0 spiro atoms. The van der Waals surface area contributed by atoms with Crippen molar-refractivity contribution >= 4 is 49.4 Å². The van der Waals surface area contributed by atoms with Crippen molar-refractivity contribution in [3.63, 3.8) is 0 Å². The third kappa shape index (κ3) is 4.33. The van der Waals surface area contributed by atoms with Crippen LogP contribution in [-0.4, -0.2) is 10.5 Å². The number of halogens is 3. The number of esters is 1. The minimum absolute atomic E-state index is 0.112. The molecule has 0 N–H and O–H groups in total. The number of hydrogen-bond donors (Lipinski definition) is 0. The van der Waals surface area contributed by atoms with Crippen molar-refractivity contribution in [3.05, 3.63) is 44.6 Å². The van der Waals surface area contributed by atoms with E-state index in [1.54, 1.807) is 22.9 Å². The Balaban J connectivity index is 1.99. The van der Waals surface area contributed by atoms with Crippen LogP contribution in [0, 0.1) is 28.6 Å². The summed E-state index contributed by atoms with van der Waals surface area (Å²) in [5.41, 5.74) is 2.59. The highest BCUT2D eigenvalue weighted by Gasteiger charge is 2.61. The van der Waals surface area contributed by atoms with E-state index in [-0.39, 0.29) is 29.8 Å². The summed E-state index contributed by atoms with van der Waals surface area (Å²) >= 11 is 12.2. The molecule has 1 fully saturated rings. The normalized spacial score (nSPS) is 21.3. The van der Waals surface area contributed by atoms with E-state index in [0.29, 0.717) is 12.2 Å². The number of carbonyl (C=O) groups excluding carboxylic acids is 1. The average molecular weight is 477 g/mol. The molecule has 1 aliphatic rings. The fourth-order valence-corrected chi connectivity index (χ4v) is 3.51. The van der Waals surface area contributed by atoms with E-state index in [2.05, 4.69) is 37.9 Å². The van der Waals surface area contributed by atoms with Crippen LogP contribution in [0.15, 0.2) is 33.3 Å². The van der Waals surface area contributed by atoms with Crippen LogP contribution in [0.25, 0.3) is 0 Å². The first kappa shape index (κ1) is 19.3. The van der Waals surface area contributed by atoms with Crippen molar-refractivity contribution in [2.24, 2.45) is 17.3 Å². The van der Waals surface area contributed by atoms with Gasteiger partial charge in [0.2, 0.25) is 0 Å². The predicted octanol–water partition coefficient (Wildman–Crippen LogP) is 5.06. The van der Waals surface area contributed by atoms with Crippen LogP contribution in [0.3, 0.4) is 0 Å². The molecule has 128 valence electrons. The second kappa shape index (κ2) is 7.90. The Kier molecular flexibility index (Phi) is 6.35. The van der Waals surface area contributed by atoms with Gasteiger partial charge in [-0.05, 0) is 49.3 Å². The highest BCUT2D eigenvalue weighted by atomic mass is 79.9. The van der Waals surface area contributed by atoms with E-state index in [1.807, 2.05) is 19.9 Å². The first-order chi connectivity index (χ1) is 11.3. The fraction of sp³-hybridized carbons (Fsp3) is 0.412. The number of allylic oxidation sites excluding steroid dienone is 2. The van der Waals surface area contributed by atoms with Gasteiger partial charge >= 0.3 is 5.97 Å². The maximum Gasteiger partial charge on any atom is 0.310 e. The Bertz CT molecular complexity index is 727. The van der Waals surface area contributed by atoms with Crippen LogP contribution in [-0.2, 0) is 22.7 Å². The molecule has 0 amide bonds. The number of aromatic nitrogens is 1. The molecule has 1 saturated carbocycles. The number of ether oxygens (including phenoxy) is 1. The van der Waals surface area contributed by atoms with E-state index in [9.17, 15) is 4.79 Å². The van der Waals surface area contributed by atoms with Crippen molar-refractivity contribution in [3.8, 4) is 6.07 Å². The SMILES string of the molecule is CC1(C)[C@H](C=C(Br)Br)[C@@H]1C(=O)OCc1cc(C#N)n(C/C=C\Cl)c1. The van der Waals surface area contributed by atoms with Crippen molar-refractivity contribution < 1.29 is 9.53 Å². The molecule has 0 aliphatic heterocycles. The van der Waals surface area contributed by atoms with Gasteiger partial charge in [-0.1, -0.05) is 37.6 Å². The number of carbonyl (C=O) groups is 1. The summed E-state index contributed by atoms with van der Waals surface area (Å²) in [4.78, 5) is 12.3. The minimum atomic E-state index is -0.214. The second-order valence-electron chi connectivity index (χ2n) is 6.25. The van der Waals surface area contributed by atoms with Gasteiger partial charge in [0.15, 0.2) is 0 Å². The maximum atomic E-state index is 12.3. The van der Waals surface area contributed by atoms with E-state index >= 15 is 0 Å². The molecular weight excluding hydrogens is 459 g/mol. The standard InChI is InChI=1S/C17H17Br2ClN2O2/c1-17(2)13(7-14(18)19)15(17)16(23)24-10-11-6-12(8-21)22(9-11)5-3-4-20/h3-4,6-7,9,13,15H,5,10H2,1-2H3/b4-3-/t13-,15-/m1/s1. The van der Waals surface area contributed by atoms with Crippen LogP contribution in [0.5, 0.6) is 0 Å². The molecule has 1 aromatic rings. The lowest BCUT2D eigenvalue weighted by Crippen LogP contribution is -2.10. The van der Waals surface area contributed by atoms with Crippen LogP contribution in [0.1, 0.15) is 25.1 Å². The quantitative estimate of drug-likeness (QED) is 0.540. The van der Waals surface area contributed by atoms with Crippen molar-refractivity contribution in [2.45, 2.75) is 27.0 Å². The summed E-state index contributed by atoms with van der Waals surface area (Å²) < 4.78 is 8.05. The van der Waals surface area contributed by atoms with Crippen molar-refractivity contribution in [2.75, 3.05) is 0 Å². The predicted molar refractivity (Wildman–Crippen MR) is 101 cm³/mol. The molecule has 2 rings (SSSR count). The molecule has 1 aliphatic carbocycles. The van der Waals surface area contributed by atoms with Gasteiger partial charge < -0.3 is 9.30 Å². The van der Waals surface area contributed by atoms with E-state index in [4.69, 9.17) is 21.6 Å². The summed E-state index contributed by atoms with van der Waals surface area (Å²) in [6.07, 6.45) is 5.52. The number of nitrogens with zero attached hydrogens (tertiary/aromatic N) is 2. The zero-order chi connectivity index (χ0) is 17.9. The van der Waals surface area contributed by atoms with E-state index in [1.165, 1.54) is 5.54 Å². The molecule has 4 nitrogen and oxygen atoms in total. The van der Waals surface area contributed by atoms with Gasteiger partial charge in [-0.2, -0.15) is 5.26 Å². The first-order valence-electron chi connectivity index (χ1n) is 7.35. The highest BCUT2D eigenvalue weighted by Crippen LogP contribution is 2.60. The van der Waals surface area contributed by atoms with Crippen molar-refractivity contribution in [1.29, 1.82) is 5.26 Å². The van der Waals surface area contributed by atoms with Gasteiger partial charge in [0.25, 0.3) is 0 Å². The largest absolute Gasteiger partial charge is 0.461 e. The Labute approximate surface area is 163 Å². The van der Waals surface area contributed by atoms with Crippen molar-refractivity contribution in [1.82, 2.24) is 4.57 Å². The van der Waals surface area contributed by atoms with Gasteiger partial charge in [0.1, 0.15) is 18.4 Å². The monoisotopic (exact) mass is 474 g/mol. The lowest BCUT2D eigenvalue weighted by molar-refractivity contribution is -0.147. The number of rotatable bonds is 6. The molecule has 0 aromatic carbocycles. The number of nitriles is 1. The summed E-state index contributed by atoms with van der Waals surface area (Å²) in [7, 11) is 0. The average Bonchev–Trinajstić information content (AvgIpc) is 2.88. The Hall–Kier alpha value is -1.03. The summed E-state index contributed by atoms with van der Waals surface area (Å²) in [5, 5.41) is 9.14. The molecule has 0 saturated heterocycles. The zero-order valence-corrected chi connectivity index (χ0v) is 17.2. The summed E-state index contributed by atoms with van der Waals surface area (Å²) in [6.45, 7) is 4.75. The summed E-state index contributed by atoms with van der Waals surface area (Å²) in [5.74, 6) is -0.222. The molecule has 0 bridgehead atoms. The molecule has 1 heterocycles. The van der Waals surface area contributed by atoms with Crippen LogP contribution in [0.2, 0.25) is 0 Å². The Morgan fingerprint density at radius 2 is 2.25 bits per heavy atom. The van der Waals surface area contributed by atoms with Crippen LogP contribution >= 0.6 is 43.5 Å². The van der Waals surface area contributed by atoms with Gasteiger partial charge in [-0.15, -0.1) is 0 Å². The molecule has 0 unspecified atom stereocenters. The van der Waals surface area contributed by atoms with E-state index < -0.39 is 0 Å². The van der Waals surface area contributed by atoms with Gasteiger partial charge in [0, 0.05) is 23.8 Å². The Morgan fingerprint density at radius 1 is 1.54 bits per heavy atom. The summed E-state index contributed by atoms with van der Waals surface area (Å²) in [6, 6.07) is 3.84. The topological polar surface area (TPSA) is 55.0 Å². The molecule has 2 atom stereocenters. The van der Waals surface area contributed by atoms with Gasteiger partial charge in [-0.25, -0.2) is 0 Å². The second-order valence-corrected chi connectivity index (χ2v) is 9.27. The third-order valence-electron chi connectivity index (χ3n) is 4.31. The Morgan fingerprint density at radius 3 is 2.83 bits per heavy atom. The van der Waals surface area contributed by atoms with Crippen LogP contribution in [0.4, 0.5) is 0 Å². The van der Waals surface area contributed by atoms with E-state index in [0.717, 1.165) is 8.96 Å². The lowest BCUT2D eigenvalue weighted by atomic mass is 10.1. The zero-order valence-electron chi connectivity index (χ0n) is 13.3. The lowest BCUT2D eigenvalue weighted by Gasteiger charge is -2.04. The smallest absolute Gasteiger partial charge is 0.310 e. The highest BCUT2D eigenvalue weighted by molar-refractivity contribution is 9.28. The van der Waals surface area contributed by atoms with Crippen LogP contribution < -0.4 is 0 Å². The third-order valence-corrected chi connectivity index (χ3v) is 5.02. The first-order valence-corrected chi connectivity index (χ1v) is 9.37. The number of hydrogen-bond acceptors (Lipinski definition) is 3. The molecular formula is C17H17Br2ClN2O2. The molecule has 7 heteroatoms. The molecule has 1 aromatic heterocycles. The minimum Gasteiger partial charge on any atom is -0.461 e. The van der Waals surface area contributed by atoms with Gasteiger partial charge in [0.05, 0.1) is 9.31 Å².